The first-order chi connectivity index (χ1) is 14.3. The van der Waals surface area contributed by atoms with Gasteiger partial charge in [0.1, 0.15) is 0 Å². The normalized spacial score (nSPS) is 9.93. The molecule has 30 heavy (non-hydrogen) atoms. The molecule has 2 aromatic rings. The second-order valence-electron chi connectivity index (χ2n) is 6.47. The van der Waals surface area contributed by atoms with Crippen LogP contribution in [-0.2, 0) is 13.1 Å². The highest BCUT2D eigenvalue weighted by atomic mass is 35.5. The van der Waals surface area contributed by atoms with E-state index in [4.69, 9.17) is 16.7 Å². The van der Waals surface area contributed by atoms with Gasteiger partial charge in [0, 0.05) is 30.9 Å². The van der Waals surface area contributed by atoms with E-state index in [0.29, 0.717) is 0 Å². The zero-order chi connectivity index (χ0) is 23.1. The lowest BCUT2D eigenvalue weighted by Gasteiger charge is -2.17. The van der Waals surface area contributed by atoms with Gasteiger partial charge in [0.25, 0.3) is 0 Å². The first kappa shape index (κ1) is 28.0. The van der Waals surface area contributed by atoms with Crippen LogP contribution in [0.25, 0.3) is 0 Å². The van der Waals surface area contributed by atoms with Crippen molar-refractivity contribution in [3.05, 3.63) is 75.8 Å². The van der Waals surface area contributed by atoms with Crippen LogP contribution in [0, 0.1) is 20.8 Å². The summed E-state index contributed by atoms with van der Waals surface area (Å²) in [5.74, 6) is 0. The number of aliphatic hydroxyl groups excluding tert-OH is 1. The largest absolute Gasteiger partial charge is 0.400 e. The van der Waals surface area contributed by atoms with Crippen LogP contribution in [-0.4, -0.2) is 25.4 Å². The number of aliphatic hydroxyl groups is 1. The first-order valence-corrected chi connectivity index (χ1v) is 9.90. The van der Waals surface area contributed by atoms with Gasteiger partial charge in [0.2, 0.25) is 0 Å². The van der Waals surface area contributed by atoms with Crippen molar-refractivity contribution in [3.63, 3.8) is 0 Å². The van der Waals surface area contributed by atoms with E-state index < -0.39 is 6.68 Å². The molecule has 0 unspecified atom stereocenters. The summed E-state index contributed by atoms with van der Waals surface area (Å²) in [7, 11) is 1.00. The Morgan fingerprint density at radius 2 is 1.67 bits per heavy atom. The van der Waals surface area contributed by atoms with Gasteiger partial charge in [-0.3, -0.25) is 0 Å². The highest BCUT2D eigenvalue weighted by Crippen LogP contribution is 2.24. The Bertz CT molecular complexity index is 768. The predicted molar refractivity (Wildman–Crippen MR) is 121 cm³/mol. The van der Waals surface area contributed by atoms with Crippen molar-refractivity contribution in [3.8, 4) is 0 Å². The standard InChI is InChI=1S/C21H27ClN2.CHF3.CH4O/c1-5-6-11-23-14-19-15(2)7-10-21(17(19)4)24-13-18-8-9-20(22)16(3)12-18;2-1(3)4;1-2/h5,7-10,12,23-24H,1,6,11,13-14H2,2-4H3;1H;2H,1H3. The molecule has 7 heteroatoms. The van der Waals surface area contributed by atoms with Crippen LogP contribution in [0.15, 0.2) is 43.0 Å². The lowest BCUT2D eigenvalue weighted by atomic mass is 10.0. The maximum atomic E-state index is 9.67. The number of benzene rings is 2. The molecule has 0 amide bonds. The molecule has 0 aliphatic rings. The Balaban J connectivity index is 0.00000125. The molecule has 0 aromatic heterocycles. The van der Waals surface area contributed by atoms with E-state index in [2.05, 4.69) is 55.3 Å². The fraction of sp³-hybridized carbons (Fsp3) is 0.391. The zero-order valence-electron chi connectivity index (χ0n) is 18.0. The smallest absolute Gasteiger partial charge is 0.379 e. The minimum Gasteiger partial charge on any atom is -0.400 e. The summed E-state index contributed by atoms with van der Waals surface area (Å²) in [4.78, 5) is 0. The molecule has 0 heterocycles. The van der Waals surface area contributed by atoms with E-state index in [1.165, 1.54) is 27.9 Å². The third-order valence-electron chi connectivity index (χ3n) is 4.37. The number of hydrogen-bond donors (Lipinski definition) is 3. The fourth-order valence-electron chi connectivity index (χ4n) is 2.79. The summed E-state index contributed by atoms with van der Waals surface area (Å²) in [5.41, 5.74) is 7.55. The quantitative estimate of drug-likeness (QED) is 0.329. The molecule has 0 radical (unpaired) electrons. The van der Waals surface area contributed by atoms with Gasteiger partial charge in [-0.15, -0.1) is 6.58 Å². The number of aryl methyl sites for hydroxylation is 2. The Morgan fingerprint density at radius 3 is 2.23 bits per heavy atom. The molecule has 3 nitrogen and oxygen atoms in total. The van der Waals surface area contributed by atoms with E-state index in [1.54, 1.807) is 0 Å². The minimum atomic E-state index is -3.67. The first-order valence-electron chi connectivity index (χ1n) is 9.52. The average molecular weight is 445 g/mol. The third kappa shape index (κ3) is 10.7. The van der Waals surface area contributed by atoms with Crippen LogP contribution in [0.1, 0.15) is 34.2 Å². The number of rotatable bonds is 8. The van der Waals surface area contributed by atoms with Crippen LogP contribution in [0.2, 0.25) is 5.02 Å². The van der Waals surface area contributed by atoms with E-state index >= 15 is 0 Å². The number of nitrogens with one attached hydrogen (secondary N) is 2. The van der Waals surface area contributed by atoms with E-state index in [0.717, 1.165) is 43.8 Å². The Morgan fingerprint density at radius 1 is 1.03 bits per heavy atom. The van der Waals surface area contributed by atoms with Gasteiger partial charge in [-0.2, -0.15) is 13.2 Å². The van der Waals surface area contributed by atoms with Gasteiger partial charge in [-0.25, -0.2) is 0 Å². The van der Waals surface area contributed by atoms with Gasteiger partial charge in [-0.1, -0.05) is 35.9 Å². The second kappa shape index (κ2) is 15.8. The van der Waals surface area contributed by atoms with Crippen LogP contribution < -0.4 is 10.6 Å². The molecule has 0 aliphatic heterocycles. The maximum absolute atomic E-state index is 9.67. The van der Waals surface area contributed by atoms with Gasteiger partial charge in [-0.05, 0) is 73.7 Å². The summed E-state index contributed by atoms with van der Waals surface area (Å²) in [6.45, 7) is 9.14. The molecule has 0 saturated carbocycles. The summed E-state index contributed by atoms with van der Waals surface area (Å²) in [6, 6.07) is 10.5. The number of hydrogen-bond acceptors (Lipinski definition) is 3. The topological polar surface area (TPSA) is 44.3 Å². The molecule has 2 rings (SSSR count). The summed E-state index contributed by atoms with van der Waals surface area (Å²) in [5, 5.41) is 14.9. The molecule has 0 spiro atoms. The van der Waals surface area contributed by atoms with E-state index in [1.807, 2.05) is 19.1 Å². The van der Waals surface area contributed by atoms with Crippen LogP contribution in [0.5, 0.6) is 0 Å². The SMILES string of the molecule is C=CCCNCc1c(C)ccc(NCc2ccc(Cl)c(C)c2)c1C.CO.FC(F)F. The summed E-state index contributed by atoms with van der Waals surface area (Å²) in [6.07, 6.45) is 2.94. The van der Waals surface area contributed by atoms with Crippen molar-refractivity contribution < 1.29 is 18.3 Å². The van der Waals surface area contributed by atoms with Crippen molar-refractivity contribution in [2.45, 2.75) is 47.0 Å². The minimum absolute atomic E-state index is 0.797. The van der Waals surface area contributed by atoms with Crippen LogP contribution in [0.3, 0.4) is 0 Å². The molecule has 0 fully saturated rings. The average Bonchev–Trinajstić information content (AvgIpc) is 2.70. The lowest BCUT2D eigenvalue weighted by Crippen LogP contribution is -2.16. The molecule has 2 aromatic carbocycles. The van der Waals surface area contributed by atoms with Crippen molar-refractivity contribution in [2.75, 3.05) is 19.0 Å². The van der Waals surface area contributed by atoms with Crippen molar-refractivity contribution in [2.24, 2.45) is 0 Å². The van der Waals surface area contributed by atoms with Gasteiger partial charge >= 0.3 is 6.68 Å². The van der Waals surface area contributed by atoms with Gasteiger partial charge < -0.3 is 15.7 Å². The molecule has 3 N–H and O–H groups in total. The number of alkyl halides is 3. The van der Waals surface area contributed by atoms with Crippen molar-refractivity contribution >= 4 is 17.3 Å². The Hall–Kier alpha value is -2.02. The molecular formula is C23H32ClF3N2O. The number of anilines is 1. The van der Waals surface area contributed by atoms with Gasteiger partial charge in [0.05, 0.1) is 0 Å². The van der Waals surface area contributed by atoms with E-state index in [-0.39, 0.29) is 0 Å². The highest BCUT2D eigenvalue weighted by Gasteiger charge is 2.07. The van der Waals surface area contributed by atoms with Crippen molar-refractivity contribution in [1.29, 1.82) is 0 Å². The lowest BCUT2D eigenvalue weighted by molar-refractivity contribution is 0.00819. The monoisotopic (exact) mass is 444 g/mol. The molecule has 0 bridgehead atoms. The molecule has 0 aliphatic carbocycles. The third-order valence-corrected chi connectivity index (χ3v) is 4.79. The predicted octanol–water partition coefficient (Wildman–Crippen LogP) is 6.33. The Labute approximate surface area is 183 Å². The summed E-state index contributed by atoms with van der Waals surface area (Å²) < 4.78 is 29.0. The second-order valence-corrected chi connectivity index (χ2v) is 6.88. The van der Waals surface area contributed by atoms with Crippen LogP contribution >= 0.6 is 11.6 Å². The van der Waals surface area contributed by atoms with Gasteiger partial charge in [0.15, 0.2) is 0 Å². The molecule has 0 atom stereocenters. The Kier molecular flexibility index (Phi) is 14.7. The molecular weight excluding hydrogens is 413 g/mol. The number of halogens is 4. The fourth-order valence-corrected chi connectivity index (χ4v) is 2.90. The van der Waals surface area contributed by atoms with Crippen LogP contribution in [0.4, 0.5) is 18.9 Å². The van der Waals surface area contributed by atoms with E-state index in [9.17, 15) is 13.2 Å². The molecule has 168 valence electrons. The zero-order valence-corrected chi connectivity index (χ0v) is 18.8. The van der Waals surface area contributed by atoms with Crippen molar-refractivity contribution in [1.82, 2.24) is 5.32 Å². The maximum Gasteiger partial charge on any atom is 0.379 e. The summed E-state index contributed by atoms with van der Waals surface area (Å²) >= 11 is 6.10. The molecule has 0 saturated heterocycles. The highest BCUT2D eigenvalue weighted by molar-refractivity contribution is 6.31.